The van der Waals surface area contributed by atoms with Crippen LogP contribution in [-0.4, -0.2) is 124 Å². The van der Waals surface area contributed by atoms with Crippen molar-refractivity contribution in [2.75, 3.05) is 19.1 Å². The summed E-state index contributed by atoms with van der Waals surface area (Å²) in [4.78, 5) is 97.5. The average molecular weight is 880 g/mol. The van der Waals surface area contributed by atoms with Gasteiger partial charge in [-0.1, -0.05) is 30.3 Å². The lowest BCUT2D eigenvalue weighted by molar-refractivity contribution is -0.139. The Morgan fingerprint density at radius 1 is 1.03 bits per heavy atom. The fourth-order valence-electron chi connectivity index (χ4n) is 6.79. The summed E-state index contributed by atoms with van der Waals surface area (Å²) >= 11 is 0. The number of carbonyl (C=O) groups is 5. The van der Waals surface area contributed by atoms with Gasteiger partial charge in [-0.15, -0.1) is 0 Å². The number of benzene rings is 2. The van der Waals surface area contributed by atoms with Crippen LogP contribution in [0.4, 0.5) is 4.79 Å². The van der Waals surface area contributed by atoms with Crippen molar-refractivity contribution in [3.63, 3.8) is 0 Å². The van der Waals surface area contributed by atoms with Crippen molar-refractivity contribution in [2.45, 2.75) is 75.1 Å². The van der Waals surface area contributed by atoms with Crippen molar-refractivity contribution in [1.29, 1.82) is 0 Å². The van der Waals surface area contributed by atoms with Gasteiger partial charge in [0.2, 0.25) is 23.9 Å². The Hall–Kier alpha value is -6.78. The molecule has 0 saturated carbocycles. The van der Waals surface area contributed by atoms with Crippen LogP contribution in [0.3, 0.4) is 0 Å². The van der Waals surface area contributed by atoms with Gasteiger partial charge < -0.3 is 56.9 Å². The summed E-state index contributed by atoms with van der Waals surface area (Å²) in [5, 5.41) is 41.2. The number of aromatic amines is 2. The number of hydrogen-bond acceptors (Lipinski definition) is 12. The van der Waals surface area contributed by atoms with Crippen LogP contribution in [0.15, 0.2) is 88.5 Å². The van der Waals surface area contributed by atoms with E-state index in [4.69, 9.17) is 10.5 Å². The Morgan fingerprint density at radius 2 is 1.76 bits per heavy atom. The number of nitrogens with one attached hydrogen (secondary N) is 6. The van der Waals surface area contributed by atoms with Crippen molar-refractivity contribution < 1.29 is 48.2 Å². The van der Waals surface area contributed by atoms with Crippen LogP contribution in [0, 0.1) is 0 Å². The highest BCUT2D eigenvalue weighted by Crippen LogP contribution is 2.30. The number of para-hydroxylation sites is 1. The zero-order valence-corrected chi connectivity index (χ0v) is 34.7. The molecule has 8 atom stereocenters. The first-order valence-corrected chi connectivity index (χ1v) is 21.1. The minimum absolute atomic E-state index is 0.00570. The summed E-state index contributed by atoms with van der Waals surface area (Å²) in [7, 11) is -0.104. The summed E-state index contributed by atoms with van der Waals surface area (Å²) in [6.45, 7) is 1.45. The van der Waals surface area contributed by atoms with Crippen molar-refractivity contribution in [2.24, 2.45) is 5.73 Å². The normalized spacial score (nSPS) is 18.4. The molecular weight excluding hydrogens is 831 g/mol. The third kappa shape index (κ3) is 11.9. The van der Waals surface area contributed by atoms with Crippen LogP contribution >= 0.6 is 0 Å². The van der Waals surface area contributed by atoms with Gasteiger partial charge in [0.25, 0.3) is 5.56 Å². The van der Waals surface area contributed by atoms with Crippen LogP contribution in [0.1, 0.15) is 37.1 Å². The van der Waals surface area contributed by atoms with Gasteiger partial charge in [0.1, 0.15) is 35.7 Å². The van der Waals surface area contributed by atoms with E-state index < -0.39 is 94.3 Å². The molecule has 1 aliphatic heterocycles. The summed E-state index contributed by atoms with van der Waals surface area (Å²) in [6, 6.07) is 6.53. The first-order valence-electron chi connectivity index (χ1n) is 19.3. The maximum absolute atomic E-state index is 14.1. The van der Waals surface area contributed by atoms with Crippen LogP contribution in [0.25, 0.3) is 10.9 Å². The maximum atomic E-state index is 14.1. The molecule has 0 spiro atoms. The van der Waals surface area contributed by atoms with Crippen molar-refractivity contribution in [3.8, 4) is 5.75 Å². The minimum Gasteiger partial charge on any atom is -0.508 e. The number of amides is 5. The molecule has 21 nitrogen and oxygen atoms in total. The number of phenols is 1. The number of nitrogens with two attached hydrogens (primary N) is 1. The van der Waals surface area contributed by atoms with Gasteiger partial charge in [-0.05, 0) is 49.1 Å². The Labute approximate surface area is 356 Å². The molecular formula is C40H49N9O12S. The number of hydrogen-bond donors (Lipinski definition) is 10. The van der Waals surface area contributed by atoms with E-state index in [9.17, 15) is 53.1 Å². The monoisotopic (exact) mass is 879 g/mol. The van der Waals surface area contributed by atoms with E-state index in [1.165, 1.54) is 32.4 Å². The molecule has 0 bridgehead atoms. The maximum Gasteiger partial charge on any atom is 0.331 e. The Kier molecular flexibility index (Phi) is 15.4. The van der Waals surface area contributed by atoms with Gasteiger partial charge in [0, 0.05) is 78.3 Å². The van der Waals surface area contributed by atoms with Gasteiger partial charge in [-0.25, -0.2) is 14.4 Å². The van der Waals surface area contributed by atoms with Gasteiger partial charge in [0.05, 0.1) is 12.1 Å². The molecule has 1 unspecified atom stereocenters. The summed E-state index contributed by atoms with van der Waals surface area (Å²) in [5.41, 5.74) is 6.67. The van der Waals surface area contributed by atoms with Crippen LogP contribution in [0.2, 0.25) is 0 Å². The lowest BCUT2D eigenvalue weighted by Gasteiger charge is -2.34. The Balaban J connectivity index is 1.36. The number of ether oxygens (including phenoxy) is 1. The largest absolute Gasteiger partial charge is 0.508 e. The van der Waals surface area contributed by atoms with Crippen molar-refractivity contribution in [3.05, 3.63) is 111 Å². The molecule has 3 heterocycles. The predicted molar refractivity (Wildman–Crippen MR) is 225 cm³/mol. The number of likely N-dealkylation sites (N-methyl/N-ethyl adjacent to an activating group) is 1. The first kappa shape index (κ1) is 46.3. The predicted octanol–water partition coefficient (Wildman–Crippen LogP) is -1.01. The number of rotatable bonds is 18. The molecule has 5 amide bonds. The fraction of sp³-hybridized carbons (Fsp3) is 0.375. The Bertz CT molecular complexity index is 2470. The first-order chi connectivity index (χ1) is 29.4. The molecule has 0 aliphatic carbocycles. The summed E-state index contributed by atoms with van der Waals surface area (Å²) in [6.07, 6.45) is 2.18. The standard InChI is InChI=1S/C40H49N9O12S/c1-21(48(2)36(55)27(41)16-22-7-6-8-24(50)15-22)33(35(54)43-20-25-18-31(51)37(61-25)49-13-11-32(52)46-40(49)59)47-34(53)29(12-14-62(3)60)44-39(58)45-30(38(56)57)17-23-19-42-28-10-5-4-9-26(23)28/h4-11,13,15,19-21,27,29-31,33,37,42,50-51H,12,14,16-18,41H2,1-3H3,(H,43,54)(H,47,53)(H,56,57)(H2,44,45,58)(H,46,52,59)/b25-20-/t21-,27-,29-,30-,31+,33-,37+,62?/m0/s1. The number of aromatic hydroxyl groups is 1. The van der Waals surface area contributed by atoms with Crippen LogP contribution < -0.4 is 38.2 Å². The SMILES string of the molecule is C[C@@H]([C@H](NC(=O)[C@H](CCS(C)=O)NC(=O)N[C@@H](Cc1c[nH]c2ccccc12)C(=O)O)C(=O)N/C=C1/C[C@@H](O)[C@H](n2ccc(=O)[nH]c2=O)O1)N(C)C(=O)[C@@H](N)Cc1cccc(O)c1. The molecule has 2 aromatic carbocycles. The molecule has 5 rings (SSSR count). The highest BCUT2D eigenvalue weighted by Gasteiger charge is 2.37. The average Bonchev–Trinajstić information content (AvgIpc) is 3.81. The molecule has 2 aromatic heterocycles. The highest BCUT2D eigenvalue weighted by atomic mass is 32.2. The van der Waals surface area contributed by atoms with Crippen molar-refractivity contribution >= 4 is 51.4 Å². The zero-order valence-electron chi connectivity index (χ0n) is 33.9. The number of phenolic OH excluding ortho intramolecular Hbond substituents is 1. The van der Waals surface area contributed by atoms with E-state index in [1.54, 1.807) is 36.5 Å². The molecule has 4 aromatic rings. The number of nitrogens with zero attached hydrogens (tertiary/aromatic N) is 2. The zero-order chi connectivity index (χ0) is 45.2. The molecule has 0 radical (unpaired) electrons. The number of fused-ring (bicyclic) bond motifs is 1. The molecule has 11 N–H and O–H groups in total. The van der Waals surface area contributed by atoms with E-state index in [0.717, 1.165) is 38.8 Å². The van der Waals surface area contributed by atoms with E-state index >= 15 is 0 Å². The number of carboxylic acid groups (broad SMARTS) is 1. The second-order valence-electron chi connectivity index (χ2n) is 14.8. The smallest absolute Gasteiger partial charge is 0.331 e. The van der Waals surface area contributed by atoms with E-state index in [-0.39, 0.29) is 42.9 Å². The topological polar surface area (TPSA) is 320 Å². The molecule has 62 heavy (non-hydrogen) atoms. The van der Waals surface area contributed by atoms with Gasteiger partial charge in [0.15, 0.2) is 0 Å². The highest BCUT2D eigenvalue weighted by molar-refractivity contribution is 7.84. The van der Waals surface area contributed by atoms with Crippen LogP contribution in [-0.2, 0) is 47.6 Å². The second-order valence-corrected chi connectivity index (χ2v) is 16.3. The quantitative estimate of drug-likeness (QED) is 0.0574. The number of aliphatic hydroxyl groups is 1. The molecule has 1 aliphatic rings. The molecule has 1 saturated heterocycles. The number of aliphatic hydroxyl groups excluding tert-OH is 1. The lowest BCUT2D eigenvalue weighted by Crippen LogP contribution is -2.62. The number of aromatic nitrogens is 3. The number of aliphatic carboxylic acids is 1. The van der Waals surface area contributed by atoms with Gasteiger partial charge in [-0.3, -0.25) is 32.9 Å². The van der Waals surface area contributed by atoms with Crippen molar-refractivity contribution in [1.82, 2.24) is 40.7 Å². The Morgan fingerprint density at radius 3 is 2.45 bits per heavy atom. The van der Waals surface area contributed by atoms with E-state index in [2.05, 4.69) is 31.2 Å². The van der Waals surface area contributed by atoms with Gasteiger partial charge >= 0.3 is 17.7 Å². The molecule has 22 heteroatoms. The number of H-pyrrole nitrogens is 2. The third-order valence-electron chi connectivity index (χ3n) is 10.2. The number of urea groups is 1. The molecule has 1 fully saturated rings. The van der Waals surface area contributed by atoms with Crippen LogP contribution in [0.5, 0.6) is 5.75 Å². The molecule has 332 valence electrons. The van der Waals surface area contributed by atoms with E-state index in [1.807, 2.05) is 6.07 Å². The summed E-state index contributed by atoms with van der Waals surface area (Å²) in [5.74, 6) is -3.98. The lowest BCUT2D eigenvalue weighted by atomic mass is 10.0. The number of carbonyl (C=O) groups excluding carboxylic acids is 4. The second kappa shape index (κ2) is 20.7. The van der Waals surface area contributed by atoms with E-state index in [0.29, 0.717) is 11.1 Å². The number of carboxylic acids is 1. The summed E-state index contributed by atoms with van der Waals surface area (Å²) < 4.78 is 18.8. The fourth-order valence-corrected chi connectivity index (χ4v) is 7.36. The third-order valence-corrected chi connectivity index (χ3v) is 11.0. The van der Waals surface area contributed by atoms with Gasteiger partial charge in [-0.2, -0.15) is 0 Å². The minimum atomic E-state index is -1.58.